The molecule has 0 aliphatic carbocycles. The number of benzene rings is 6. The first-order chi connectivity index (χ1) is 35.8. The van der Waals surface area contributed by atoms with Crippen LogP contribution in [0.3, 0.4) is 0 Å². The van der Waals surface area contributed by atoms with Crippen LogP contribution in [0.1, 0.15) is 133 Å². The Labute approximate surface area is 520 Å². The van der Waals surface area contributed by atoms with Gasteiger partial charge < -0.3 is 20.4 Å². The van der Waals surface area contributed by atoms with Gasteiger partial charge in [0.1, 0.15) is 0 Å². The Morgan fingerprint density at radius 2 is 0.577 bits per heavy atom. The van der Waals surface area contributed by atoms with Crippen LogP contribution in [0, 0.1) is 0 Å². The summed E-state index contributed by atoms with van der Waals surface area (Å²) in [5, 5.41) is 55.7. The molecule has 0 spiro atoms. The standard InChI is InChI=1S/C54H66N2O2P2.2C3H7O.3CH2Cl2.Zr/c1-51(2,3)39-35-45(53(7,8)9)49(57)47(37-39)59(41-25-17-13-18-26-41,42-27-19-14-20-28-42)55-33-34-56-60(43-29-21-15-22-30-43,44-31-23-16-24-32-44)48-38-40(52(4,5)6)36-46(50(48)58)54(10,11)12;2*1-3(2)4;3*2-1-3;/h13-32,35-38,57-58H,33-34H2,1-12H3;2*3H,1-2H3;3*1H2;/q;2*-1;;;;+4/p-2. The average molecular weight is 1300 g/mol. The molecule has 0 aliphatic rings. The summed E-state index contributed by atoms with van der Waals surface area (Å²) in [7, 11) is -5.90. The molecule has 0 unspecified atom stereocenters. The fraction of sp³-hybridized carbons (Fsp3) is 0.429. The van der Waals surface area contributed by atoms with Crippen molar-refractivity contribution in [3.63, 3.8) is 0 Å². The van der Waals surface area contributed by atoms with Crippen molar-refractivity contribution < 1.29 is 46.6 Å². The summed E-state index contributed by atoms with van der Waals surface area (Å²) in [6.45, 7) is 33.2. The Morgan fingerprint density at radius 3 is 0.744 bits per heavy atom. The molecular formula is C63H84Cl6N2O4P2Zr. The van der Waals surface area contributed by atoms with Crippen LogP contribution in [0.5, 0.6) is 11.5 Å². The Balaban J connectivity index is 0.00000290. The van der Waals surface area contributed by atoms with E-state index in [9.17, 15) is 10.2 Å². The molecule has 6 rings (SSSR count). The molecule has 78 heavy (non-hydrogen) atoms. The van der Waals surface area contributed by atoms with Crippen LogP contribution < -0.4 is 52.3 Å². The second-order valence-electron chi connectivity index (χ2n) is 22.5. The number of rotatable bonds is 9. The zero-order valence-electron chi connectivity index (χ0n) is 48.7. The van der Waals surface area contributed by atoms with Crippen LogP contribution in [-0.4, -0.2) is 41.3 Å². The van der Waals surface area contributed by atoms with Crippen molar-refractivity contribution in [3.8, 4) is 11.5 Å². The number of nitrogens with zero attached hydrogens (tertiary/aromatic N) is 2. The molecule has 6 aromatic carbocycles. The number of hydrogen-bond donors (Lipinski definition) is 0. The second kappa shape index (κ2) is 35.8. The Morgan fingerprint density at radius 1 is 0.385 bits per heavy atom. The van der Waals surface area contributed by atoms with Gasteiger partial charge in [-0.25, -0.2) is 0 Å². The first kappa shape index (κ1) is 75.9. The van der Waals surface area contributed by atoms with E-state index in [4.69, 9.17) is 79.1 Å². The summed E-state index contributed by atoms with van der Waals surface area (Å²) in [6, 6.07) is 50.3. The van der Waals surface area contributed by atoms with Crippen molar-refractivity contribution in [2.24, 2.45) is 9.49 Å². The summed E-state index contributed by atoms with van der Waals surface area (Å²) in [4.78, 5) is 0. The van der Waals surface area contributed by atoms with Gasteiger partial charge in [0.05, 0.1) is 43.2 Å². The quantitative estimate of drug-likeness (QED) is 0.0814. The van der Waals surface area contributed by atoms with Crippen molar-refractivity contribution in [2.75, 3.05) is 29.1 Å². The summed E-state index contributed by atoms with van der Waals surface area (Å²) in [5.74, 6) is 0.106. The van der Waals surface area contributed by atoms with Gasteiger partial charge >= 0.3 is 26.2 Å². The number of halogens is 6. The summed E-state index contributed by atoms with van der Waals surface area (Å²) >= 11 is 28.6. The third kappa shape index (κ3) is 22.9. The van der Waals surface area contributed by atoms with Gasteiger partial charge in [0.25, 0.3) is 0 Å². The third-order valence-electron chi connectivity index (χ3n) is 11.4. The molecule has 0 N–H and O–H groups in total. The van der Waals surface area contributed by atoms with Gasteiger partial charge in [0, 0.05) is 21.2 Å². The first-order valence-electron chi connectivity index (χ1n) is 25.6. The fourth-order valence-electron chi connectivity index (χ4n) is 7.99. The van der Waals surface area contributed by atoms with Gasteiger partial charge in [-0.15, -0.1) is 81.8 Å². The molecule has 0 amide bonds. The van der Waals surface area contributed by atoms with Crippen molar-refractivity contribution >= 4 is 116 Å². The molecule has 0 heterocycles. The minimum absolute atomic E-state index is 0. The SMILES string of the molecule is CC(C)(C)c1cc(C(C)(C)C)c([O-])c(P(=NCCN=P(c2ccccc2)(c2ccccc2)c2cc(C(C)(C)C)cc(C(C)(C)C)c2[O-])(c2ccccc2)c2ccccc2)c1.CC(C)[O-].CC(C)[O-].ClCCl.ClCCl.ClCCl.[Zr+4]. The smallest absolute Gasteiger partial charge is 0.872 e. The van der Waals surface area contributed by atoms with E-state index in [1.807, 2.05) is 24.3 Å². The van der Waals surface area contributed by atoms with Crippen LogP contribution in [0.15, 0.2) is 155 Å². The van der Waals surface area contributed by atoms with E-state index >= 15 is 10.2 Å². The molecule has 426 valence electrons. The molecule has 0 fully saturated rings. The van der Waals surface area contributed by atoms with E-state index in [1.165, 1.54) is 0 Å². The van der Waals surface area contributed by atoms with Gasteiger partial charge in [-0.1, -0.05) is 256 Å². The van der Waals surface area contributed by atoms with Crippen LogP contribution in [-0.2, 0) is 47.9 Å². The Bertz CT molecular complexity index is 2460. The minimum atomic E-state index is -2.95. The minimum Gasteiger partial charge on any atom is -0.872 e. The molecule has 0 aliphatic heterocycles. The molecule has 0 bridgehead atoms. The van der Waals surface area contributed by atoms with Crippen molar-refractivity contribution in [2.45, 2.75) is 145 Å². The largest absolute Gasteiger partial charge is 4.00 e. The van der Waals surface area contributed by atoms with Gasteiger partial charge in [-0.2, -0.15) is 0 Å². The van der Waals surface area contributed by atoms with Gasteiger partial charge in [-0.3, -0.25) is 9.49 Å². The third-order valence-corrected chi connectivity index (χ3v) is 18.9. The number of alkyl halides is 6. The summed E-state index contributed by atoms with van der Waals surface area (Å²) in [6.07, 6.45) is -0.833. The molecule has 6 nitrogen and oxygen atoms in total. The molecule has 0 saturated heterocycles. The predicted molar refractivity (Wildman–Crippen MR) is 339 cm³/mol. The van der Waals surface area contributed by atoms with Crippen LogP contribution in [0.4, 0.5) is 0 Å². The van der Waals surface area contributed by atoms with Gasteiger partial charge in [0.2, 0.25) is 0 Å². The molecule has 0 atom stereocenters. The van der Waals surface area contributed by atoms with E-state index in [0.717, 1.165) is 54.1 Å². The van der Waals surface area contributed by atoms with E-state index in [-0.39, 0.29) is 75.4 Å². The first-order valence-corrected chi connectivity index (χ1v) is 32.3. The summed E-state index contributed by atoms with van der Waals surface area (Å²) in [5.41, 5.74) is 2.65. The van der Waals surface area contributed by atoms with E-state index < -0.39 is 26.3 Å². The molecule has 6 aromatic rings. The van der Waals surface area contributed by atoms with Crippen LogP contribution >= 0.6 is 83.7 Å². The maximum absolute atomic E-state index is 15.2. The maximum atomic E-state index is 15.2. The van der Waals surface area contributed by atoms with Crippen molar-refractivity contribution in [3.05, 3.63) is 168 Å². The van der Waals surface area contributed by atoms with Crippen molar-refractivity contribution in [1.29, 1.82) is 0 Å². The van der Waals surface area contributed by atoms with Gasteiger partial charge in [0.15, 0.2) is 0 Å². The van der Waals surface area contributed by atoms with Gasteiger partial charge in [-0.05, 0) is 66.7 Å². The van der Waals surface area contributed by atoms with Crippen LogP contribution in [0.2, 0.25) is 0 Å². The number of hydrogen-bond acceptors (Lipinski definition) is 6. The molecule has 0 saturated carbocycles. The molecule has 0 aromatic heterocycles. The van der Waals surface area contributed by atoms with E-state index in [1.54, 1.807) is 27.7 Å². The van der Waals surface area contributed by atoms with E-state index in [0.29, 0.717) is 13.1 Å². The van der Waals surface area contributed by atoms with Crippen molar-refractivity contribution in [1.82, 2.24) is 0 Å². The fourth-order valence-corrected chi connectivity index (χ4v) is 15.3. The topological polar surface area (TPSA) is 117 Å². The zero-order chi connectivity index (χ0) is 59.0. The molecule has 15 heteroatoms. The Kier molecular flexibility index (Phi) is 34.9. The van der Waals surface area contributed by atoms with E-state index in [2.05, 4.69) is 204 Å². The monoisotopic (exact) mass is 1290 g/mol. The maximum Gasteiger partial charge on any atom is 4.00 e. The average Bonchev–Trinajstić information content (AvgIpc) is 3.33. The summed E-state index contributed by atoms with van der Waals surface area (Å²) < 4.78 is 11.7. The molecule has 0 radical (unpaired) electrons. The zero-order valence-corrected chi connectivity index (χ0v) is 57.5. The normalized spacial score (nSPS) is 11.6. The predicted octanol–water partition coefficient (Wildman–Crippen LogP) is 14.5. The van der Waals surface area contributed by atoms with Crippen LogP contribution in [0.25, 0.3) is 0 Å². The molecular weight excluding hydrogens is 1210 g/mol. The second-order valence-corrected chi connectivity index (χ2v) is 31.0. The Hall–Kier alpha value is -2.08.